The van der Waals surface area contributed by atoms with Crippen molar-refractivity contribution in [2.24, 2.45) is 4.99 Å². The summed E-state index contributed by atoms with van der Waals surface area (Å²) in [7, 11) is 0. The molecule has 0 radical (unpaired) electrons. The second-order valence-electron chi connectivity index (χ2n) is 6.67. The van der Waals surface area contributed by atoms with E-state index in [0.29, 0.717) is 26.4 Å². The molecule has 2 heterocycles. The Balaban J connectivity index is 1.67. The van der Waals surface area contributed by atoms with Crippen LogP contribution in [0.15, 0.2) is 29.5 Å². The second kappa shape index (κ2) is 13.1. The number of rotatable bonds is 13. The standard InChI is InChI=1S/C21H35N5O2/c1-4-6-13-27-15-16-28-14-11-24-21(22-5-2)23-10-9-19-17-26-12-7-8-18(3)20(26)25-19/h7-8,12,17H,4-6,9-11,13-16H2,1-3H3,(H2,22,23,24). The van der Waals surface area contributed by atoms with E-state index in [9.17, 15) is 0 Å². The van der Waals surface area contributed by atoms with Crippen molar-refractivity contribution in [2.75, 3.05) is 46.1 Å². The summed E-state index contributed by atoms with van der Waals surface area (Å²) >= 11 is 0. The number of aromatic nitrogens is 2. The van der Waals surface area contributed by atoms with Crippen molar-refractivity contribution in [1.82, 2.24) is 20.0 Å². The van der Waals surface area contributed by atoms with Crippen molar-refractivity contribution in [2.45, 2.75) is 40.0 Å². The number of pyridine rings is 1. The van der Waals surface area contributed by atoms with Crippen molar-refractivity contribution >= 4 is 11.6 Å². The number of hydrogen-bond acceptors (Lipinski definition) is 4. The molecule has 0 saturated carbocycles. The van der Waals surface area contributed by atoms with Crippen LogP contribution in [0.5, 0.6) is 0 Å². The van der Waals surface area contributed by atoms with Gasteiger partial charge in [-0.25, -0.2) is 4.98 Å². The van der Waals surface area contributed by atoms with Gasteiger partial charge in [-0.1, -0.05) is 19.4 Å². The first-order valence-corrected chi connectivity index (χ1v) is 10.4. The molecule has 0 unspecified atom stereocenters. The van der Waals surface area contributed by atoms with Gasteiger partial charge in [-0.05, 0) is 31.9 Å². The van der Waals surface area contributed by atoms with Crippen LogP contribution in [0.3, 0.4) is 0 Å². The number of aryl methyl sites for hydroxylation is 1. The van der Waals surface area contributed by atoms with Gasteiger partial charge in [0.2, 0.25) is 0 Å². The zero-order valence-corrected chi connectivity index (χ0v) is 17.5. The number of nitrogens with one attached hydrogen (secondary N) is 2. The van der Waals surface area contributed by atoms with Crippen molar-refractivity contribution in [3.8, 4) is 0 Å². The molecule has 0 aliphatic rings. The smallest absolute Gasteiger partial charge is 0.191 e. The second-order valence-corrected chi connectivity index (χ2v) is 6.67. The minimum absolute atomic E-state index is 0.597. The van der Waals surface area contributed by atoms with Crippen LogP contribution in [-0.4, -0.2) is 61.4 Å². The van der Waals surface area contributed by atoms with Gasteiger partial charge in [0.15, 0.2) is 5.96 Å². The van der Waals surface area contributed by atoms with Crippen molar-refractivity contribution < 1.29 is 9.47 Å². The SMILES string of the molecule is CCCCOCCOCCN=C(NCC)NCCc1cn2cccc(C)c2n1. The van der Waals surface area contributed by atoms with Crippen molar-refractivity contribution in [1.29, 1.82) is 0 Å². The van der Waals surface area contributed by atoms with Crippen LogP contribution in [0.4, 0.5) is 0 Å². The highest BCUT2D eigenvalue weighted by molar-refractivity contribution is 5.79. The van der Waals surface area contributed by atoms with Crippen molar-refractivity contribution in [3.05, 3.63) is 35.8 Å². The third-order valence-corrected chi connectivity index (χ3v) is 4.27. The number of nitrogens with zero attached hydrogens (tertiary/aromatic N) is 3. The van der Waals surface area contributed by atoms with E-state index in [1.54, 1.807) is 0 Å². The zero-order valence-electron chi connectivity index (χ0n) is 17.5. The van der Waals surface area contributed by atoms with Crippen LogP contribution in [0.1, 0.15) is 37.9 Å². The fraction of sp³-hybridized carbons (Fsp3) is 0.619. The third kappa shape index (κ3) is 7.86. The number of aliphatic imine (C=N–C) groups is 1. The summed E-state index contributed by atoms with van der Waals surface area (Å²) in [6, 6.07) is 4.13. The largest absolute Gasteiger partial charge is 0.379 e. The quantitative estimate of drug-likeness (QED) is 0.313. The van der Waals surface area contributed by atoms with Crippen LogP contribution < -0.4 is 10.6 Å². The van der Waals surface area contributed by atoms with Gasteiger partial charge in [0.25, 0.3) is 0 Å². The lowest BCUT2D eigenvalue weighted by Crippen LogP contribution is -2.38. The Labute approximate surface area is 168 Å². The highest BCUT2D eigenvalue weighted by atomic mass is 16.5. The van der Waals surface area contributed by atoms with Crippen LogP contribution in [0.25, 0.3) is 5.65 Å². The van der Waals surface area contributed by atoms with Gasteiger partial charge < -0.3 is 24.5 Å². The van der Waals surface area contributed by atoms with Gasteiger partial charge in [0.1, 0.15) is 5.65 Å². The van der Waals surface area contributed by atoms with Gasteiger partial charge in [-0.15, -0.1) is 0 Å². The average Bonchev–Trinajstić information content (AvgIpc) is 3.11. The van der Waals surface area contributed by atoms with Gasteiger partial charge >= 0.3 is 0 Å². The fourth-order valence-electron chi connectivity index (χ4n) is 2.77. The highest BCUT2D eigenvalue weighted by Gasteiger charge is 2.04. The van der Waals surface area contributed by atoms with Gasteiger partial charge in [-0.2, -0.15) is 0 Å². The fourth-order valence-corrected chi connectivity index (χ4v) is 2.77. The lowest BCUT2D eigenvalue weighted by molar-refractivity contribution is 0.0497. The first-order chi connectivity index (χ1) is 13.7. The topological polar surface area (TPSA) is 72.2 Å². The molecular weight excluding hydrogens is 354 g/mol. The first-order valence-electron chi connectivity index (χ1n) is 10.4. The predicted molar refractivity (Wildman–Crippen MR) is 114 cm³/mol. The molecule has 0 aliphatic heterocycles. The zero-order chi connectivity index (χ0) is 20.0. The molecule has 0 fully saturated rings. The Morgan fingerprint density at radius 1 is 1.14 bits per heavy atom. The van der Waals surface area contributed by atoms with E-state index in [2.05, 4.69) is 53.1 Å². The Kier molecular flexibility index (Phi) is 10.4. The number of guanidine groups is 1. The number of fused-ring (bicyclic) bond motifs is 1. The number of ether oxygens (including phenoxy) is 2. The molecule has 2 aromatic heterocycles. The predicted octanol–water partition coefficient (Wildman–Crippen LogP) is 2.57. The molecule has 0 aromatic carbocycles. The summed E-state index contributed by atoms with van der Waals surface area (Å²) in [5.41, 5.74) is 3.28. The maximum Gasteiger partial charge on any atom is 0.191 e. The molecule has 0 aliphatic carbocycles. The van der Waals surface area contributed by atoms with E-state index >= 15 is 0 Å². The molecule has 156 valence electrons. The molecule has 0 spiro atoms. The number of unbranched alkanes of at least 4 members (excludes halogenated alkanes) is 1. The minimum Gasteiger partial charge on any atom is -0.379 e. The van der Waals surface area contributed by atoms with Gasteiger partial charge in [0, 0.05) is 38.5 Å². The summed E-state index contributed by atoms with van der Waals surface area (Å²) in [6.07, 6.45) is 7.23. The van der Waals surface area contributed by atoms with Gasteiger partial charge in [0.05, 0.1) is 32.1 Å². The Morgan fingerprint density at radius 2 is 1.96 bits per heavy atom. The lowest BCUT2D eigenvalue weighted by atomic mass is 10.3. The van der Waals surface area contributed by atoms with E-state index in [-0.39, 0.29) is 0 Å². The Hall–Kier alpha value is -2.12. The Morgan fingerprint density at radius 3 is 2.71 bits per heavy atom. The van der Waals surface area contributed by atoms with Crippen LogP contribution in [0, 0.1) is 6.92 Å². The molecule has 2 rings (SSSR count). The van der Waals surface area contributed by atoms with Crippen molar-refractivity contribution in [3.63, 3.8) is 0 Å². The molecule has 7 heteroatoms. The van der Waals surface area contributed by atoms with Gasteiger partial charge in [-0.3, -0.25) is 4.99 Å². The third-order valence-electron chi connectivity index (χ3n) is 4.27. The molecule has 28 heavy (non-hydrogen) atoms. The monoisotopic (exact) mass is 389 g/mol. The van der Waals surface area contributed by atoms with E-state index in [1.807, 2.05) is 12.3 Å². The molecule has 2 aromatic rings. The normalized spacial score (nSPS) is 11.9. The average molecular weight is 390 g/mol. The molecule has 0 bridgehead atoms. The molecule has 7 nitrogen and oxygen atoms in total. The summed E-state index contributed by atoms with van der Waals surface area (Å²) < 4.78 is 13.1. The first kappa shape index (κ1) is 22.2. The molecular formula is C21H35N5O2. The number of imidazole rings is 1. The Bertz CT molecular complexity index is 714. The maximum absolute atomic E-state index is 5.56. The van der Waals surface area contributed by atoms with E-state index in [0.717, 1.165) is 56.3 Å². The van der Waals surface area contributed by atoms with Crippen LogP contribution in [-0.2, 0) is 15.9 Å². The molecule has 0 saturated heterocycles. The molecule has 2 N–H and O–H groups in total. The lowest BCUT2D eigenvalue weighted by Gasteiger charge is -2.10. The summed E-state index contributed by atoms with van der Waals surface area (Å²) in [4.78, 5) is 9.26. The number of hydrogen-bond donors (Lipinski definition) is 2. The summed E-state index contributed by atoms with van der Waals surface area (Å²) in [5.74, 6) is 0.810. The summed E-state index contributed by atoms with van der Waals surface area (Å²) in [5, 5.41) is 6.63. The minimum atomic E-state index is 0.597. The molecule has 0 atom stereocenters. The van der Waals surface area contributed by atoms with Crippen LogP contribution >= 0.6 is 0 Å². The van der Waals surface area contributed by atoms with E-state index in [1.165, 1.54) is 5.56 Å². The molecule has 0 amide bonds. The van der Waals surface area contributed by atoms with E-state index < -0.39 is 0 Å². The summed E-state index contributed by atoms with van der Waals surface area (Å²) in [6.45, 7) is 11.2. The maximum atomic E-state index is 5.56. The van der Waals surface area contributed by atoms with Crippen LogP contribution in [0.2, 0.25) is 0 Å². The van der Waals surface area contributed by atoms with E-state index in [4.69, 9.17) is 14.5 Å². The highest BCUT2D eigenvalue weighted by Crippen LogP contribution is 2.09.